The molecule has 10 nitrogen and oxygen atoms in total. The van der Waals surface area contributed by atoms with Gasteiger partial charge in [0.05, 0.1) is 79.5 Å². The van der Waals surface area contributed by atoms with E-state index in [0.29, 0.717) is 0 Å². The molecule has 12 rings (SSSR count). The number of rotatable bonds is 0. The molecule has 0 aromatic carbocycles. The maximum atomic E-state index is 4.59. The van der Waals surface area contributed by atoms with Crippen LogP contribution in [0.2, 0.25) is 0 Å². The SMILES string of the molecule is C.CC1=Nc2c(cn3ccccc23)C1.CC1=[N+](C)c2c(nc3ccccn23)C1.CC1=[N+](C)c2cn3ccccc3c2C1.CC1=[N+](C)c2nc3ccccn3c2C1. The van der Waals surface area contributed by atoms with E-state index >= 15 is 0 Å². The molecule has 56 heavy (non-hydrogen) atoms. The third-order valence-corrected chi connectivity index (χ3v) is 11.4. The van der Waals surface area contributed by atoms with Crippen LogP contribution in [0.1, 0.15) is 57.6 Å². The lowest BCUT2D eigenvalue weighted by Gasteiger charge is -1.94. The van der Waals surface area contributed by atoms with Crippen LogP contribution in [0.25, 0.3) is 22.3 Å². The van der Waals surface area contributed by atoms with Gasteiger partial charge in [0.25, 0.3) is 5.65 Å². The molecule has 10 heteroatoms. The van der Waals surface area contributed by atoms with Crippen LogP contribution < -0.4 is 0 Å². The highest BCUT2D eigenvalue weighted by Gasteiger charge is 2.30. The quantitative estimate of drug-likeness (QED) is 0.146. The monoisotopic (exact) mass is 743 g/mol. The molecular formula is C46H51N10+3. The van der Waals surface area contributed by atoms with E-state index in [0.717, 1.165) is 48.5 Å². The minimum absolute atomic E-state index is 0. The Labute approximate surface area is 328 Å². The van der Waals surface area contributed by atoms with Crippen molar-refractivity contribution >= 4 is 68.2 Å². The minimum Gasteiger partial charge on any atom is -0.322 e. The van der Waals surface area contributed by atoms with Crippen LogP contribution >= 0.6 is 0 Å². The zero-order chi connectivity index (χ0) is 38.0. The first-order chi connectivity index (χ1) is 26.7. The van der Waals surface area contributed by atoms with Crippen LogP contribution in [0.4, 0.5) is 23.0 Å². The topological polar surface area (TPSA) is 64.8 Å². The Morgan fingerprint density at radius 2 is 1.18 bits per heavy atom. The Morgan fingerprint density at radius 3 is 1.93 bits per heavy atom. The molecular weight excluding hydrogens is 693 g/mol. The van der Waals surface area contributed by atoms with Gasteiger partial charge in [-0.1, -0.05) is 31.7 Å². The second-order valence-corrected chi connectivity index (χ2v) is 15.0. The molecule has 0 saturated carbocycles. The number of hydrogen-bond acceptors (Lipinski definition) is 3. The number of fused-ring (bicyclic) bond motifs is 12. The number of aromatic nitrogens is 6. The van der Waals surface area contributed by atoms with Crippen molar-refractivity contribution in [3.63, 3.8) is 0 Å². The van der Waals surface area contributed by atoms with Gasteiger partial charge in [-0.2, -0.15) is 4.40 Å². The maximum Gasteiger partial charge on any atom is 0.345 e. The highest BCUT2D eigenvalue weighted by Crippen LogP contribution is 2.33. The molecule has 0 saturated heterocycles. The number of aliphatic imine (C=N–C) groups is 1. The molecule has 0 radical (unpaired) electrons. The van der Waals surface area contributed by atoms with E-state index in [9.17, 15) is 0 Å². The summed E-state index contributed by atoms with van der Waals surface area (Å²) in [4.78, 5) is 13.7. The highest BCUT2D eigenvalue weighted by atomic mass is 15.2. The first-order valence-electron chi connectivity index (χ1n) is 19.0. The highest BCUT2D eigenvalue weighted by molar-refractivity contribution is 5.96. The van der Waals surface area contributed by atoms with Crippen molar-refractivity contribution in [2.75, 3.05) is 21.1 Å². The van der Waals surface area contributed by atoms with Gasteiger partial charge in [0.1, 0.15) is 18.4 Å². The van der Waals surface area contributed by atoms with Gasteiger partial charge in [-0.25, -0.2) is 18.7 Å². The summed E-state index contributed by atoms with van der Waals surface area (Å²) in [5.74, 6) is 2.33. The van der Waals surface area contributed by atoms with E-state index in [2.05, 4.69) is 163 Å². The predicted molar refractivity (Wildman–Crippen MR) is 229 cm³/mol. The molecule has 0 fully saturated rings. The van der Waals surface area contributed by atoms with Gasteiger partial charge in [-0.15, -0.1) is 0 Å². The summed E-state index contributed by atoms with van der Waals surface area (Å²) in [5.41, 5.74) is 17.8. The lowest BCUT2D eigenvalue weighted by atomic mass is 10.1. The largest absolute Gasteiger partial charge is 0.345 e. The average molecular weight is 744 g/mol. The van der Waals surface area contributed by atoms with Gasteiger partial charge in [-0.3, -0.25) is 9.39 Å². The molecule has 0 unspecified atom stereocenters. The number of imidazole rings is 2. The minimum atomic E-state index is 0. The van der Waals surface area contributed by atoms with Gasteiger partial charge in [-0.05, 0) is 62.2 Å². The molecule has 0 atom stereocenters. The van der Waals surface area contributed by atoms with Crippen molar-refractivity contribution in [1.29, 1.82) is 0 Å². The summed E-state index contributed by atoms with van der Waals surface area (Å²) >= 11 is 0. The smallest absolute Gasteiger partial charge is 0.322 e. The zero-order valence-corrected chi connectivity index (χ0v) is 32.7. The Kier molecular flexibility index (Phi) is 9.36. The van der Waals surface area contributed by atoms with Crippen LogP contribution in [0.5, 0.6) is 0 Å². The van der Waals surface area contributed by atoms with Crippen molar-refractivity contribution in [3.8, 4) is 0 Å². The van der Waals surface area contributed by atoms with E-state index in [-0.39, 0.29) is 7.43 Å². The maximum absolute atomic E-state index is 4.59. The van der Waals surface area contributed by atoms with Crippen LogP contribution in [0.3, 0.4) is 0 Å². The third-order valence-electron chi connectivity index (χ3n) is 11.4. The molecule has 0 bridgehead atoms. The molecule has 0 spiro atoms. The van der Waals surface area contributed by atoms with Gasteiger partial charge in [0, 0.05) is 61.5 Å². The van der Waals surface area contributed by atoms with Crippen molar-refractivity contribution < 1.29 is 13.7 Å². The number of pyridine rings is 4. The van der Waals surface area contributed by atoms with E-state index < -0.39 is 0 Å². The molecule has 282 valence electrons. The molecule has 8 aromatic heterocycles. The summed E-state index contributed by atoms with van der Waals surface area (Å²) in [7, 11) is 6.32. The van der Waals surface area contributed by atoms with E-state index in [1.807, 2.05) is 42.5 Å². The summed E-state index contributed by atoms with van der Waals surface area (Å²) in [6.45, 7) is 8.58. The molecule has 4 aliphatic rings. The lowest BCUT2D eigenvalue weighted by molar-refractivity contribution is -0.407. The van der Waals surface area contributed by atoms with E-state index in [1.54, 1.807) is 0 Å². The van der Waals surface area contributed by atoms with Gasteiger partial charge in [0.2, 0.25) is 11.3 Å². The molecule has 12 heterocycles. The van der Waals surface area contributed by atoms with E-state index in [1.165, 1.54) is 67.9 Å². The van der Waals surface area contributed by atoms with E-state index in [4.69, 9.17) is 0 Å². The fraction of sp³-hybridized carbons (Fsp3) is 0.261. The number of nitrogens with zero attached hydrogens (tertiary/aromatic N) is 10. The summed E-state index contributed by atoms with van der Waals surface area (Å²) in [6, 6.07) is 24.8. The Balaban J connectivity index is 0.000000104. The van der Waals surface area contributed by atoms with Crippen molar-refractivity contribution in [3.05, 3.63) is 132 Å². The molecule has 4 aliphatic heterocycles. The second-order valence-electron chi connectivity index (χ2n) is 15.0. The standard InChI is InChI=1S/C12H13N2.2C11H12N3.C11H10N2.CH4/c1-9-7-10-11-5-3-4-6-14(11)8-12(10)13(9)2;1-8-7-9-11(13(8)2)12-10-5-3-4-6-14(9)10;1-8-7-9-11(13(8)2)14-6-4-3-5-10(14)12-9;1-8-6-9-7-13-5-3-2-4-10(13)11(9)12-8;/h3-6,8H,7H2,1-2H3;2*3-6H,7H2,1-2H3;2-5,7H,6H2,1H3;1H4/q3*+1;;. The zero-order valence-electron chi connectivity index (χ0n) is 32.7. The van der Waals surface area contributed by atoms with Gasteiger partial charge < -0.3 is 8.80 Å². The predicted octanol–water partition coefficient (Wildman–Crippen LogP) is 8.70. The van der Waals surface area contributed by atoms with Crippen molar-refractivity contribution in [2.45, 2.75) is 60.8 Å². The van der Waals surface area contributed by atoms with Crippen LogP contribution in [0, 0.1) is 0 Å². The summed E-state index contributed by atoms with van der Waals surface area (Å²) in [5, 5.41) is 0. The molecule has 0 N–H and O–H groups in total. The fourth-order valence-corrected chi connectivity index (χ4v) is 8.20. The second kappa shape index (κ2) is 14.3. The van der Waals surface area contributed by atoms with Crippen molar-refractivity contribution in [2.24, 2.45) is 4.99 Å². The summed E-state index contributed by atoms with van der Waals surface area (Å²) < 4.78 is 15.3. The Hall–Kier alpha value is -6.42. The first-order valence-corrected chi connectivity index (χ1v) is 19.0. The van der Waals surface area contributed by atoms with Crippen LogP contribution in [-0.4, -0.2) is 85.3 Å². The van der Waals surface area contributed by atoms with Crippen molar-refractivity contribution in [1.82, 2.24) is 27.6 Å². The average Bonchev–Trinajstić information content (AvgIpc) is 4.07. The molecule has 0 amide bonds. The Bertz CT molecular complexity index is 2840. The van der Waals surface area contributed by atoms with Gasteiger partial charge in [0.15, 0.2) is 5.71 Å². The van der Waals surface area contributed by atoms with Gasteiger partial charge >= 0.3 is 11.6 Å². The van der Waals surface area contributed by atoms with Crippen LogP contribution in [-0.2, 0) is 25.7 Å². The third kappa shape index (κ3) is 6.15. The Morgan fingerprint density at radius 1 is 0.571 bits per heavy atom. The molecule has 0 aliphatic carbocycles. The lowest BCUT2D eigenvalue weighted by Crippen LogP contribution is -2.05. The van der Waals surface area contributed by atoms with Crippen LogP contribution in [0.15, 0.2) is 115 Å². The molecule has 8 aromatic rings. The first kappa shape index (κ1) is 36.6. The fourth-order valence-electron chi connectivity index (χ4n) is 8.20. The number of hydrogen-bond donors (Lipinski definition) is 0. The summed E-state index contributed by atoms with van der Waals surface area (Å²) in [6.07, 6.45) is 16.8. The normalized spacial score (nSPS) is 14.9.